The molecule has 1 N–H and O–H groups in total. The van der Waals surface area contributed by atoms with Crippen LogP contribution in [0.25, 0.3) is 11.1 Å². The maximum Gasteiger partial charge on any atom is 0.155 e. The monoisotopic (exact) mass is 464 g/mol. The molecule has 0 radical (unpaired) electrons. The number of carbonyl (C=O) groups excluding carboxylic acids is 1. The molecule has 4 heteroatoms. The second-order valence-corrected chi connectivity index (χ2v) is 11.1. The number of fused-ring (bicyclic) bond motifs is 5. The van der Waals surface area contributed by atoms with Crippen LogP contribution in [0.15, 0.2) is 66.8 Å². The van der Waals surface area contributed by atoms with Gasteiger partial charge in [-0.05, 0) is 85.0 Å². The highest BCUT2D eigenvalue weighted by Gasteiger charge is 2.64. The molecule has 4 aliphatic rings. The first-order chi connectivity index (χ1) is 16.9. The molecule has 0 bridgehead atoms. The normalized spacial score (nSPS) is 37.4. The zero-order chi connectivity index (χ0) is 24.2. The largest absolute Gasteiger partial charge is 0.377 e. The number of nitrogens with zero attached hydrogens (tertiary/aromatic N) is 2. The first-order valence-electron chi connectivity index (χ1n) is 12.9. The van der Waals surface area contributed by atoms with Crippen molar-refractivity contribution in [3.8, 4) is 23.0 Å². The minimum atomic E-state index is -0.955. The number of carbonyl (C=O) groups is 1. The molecule has 0 aliphatic heterocycles. The lowest BCUT2D eigenvalue weighted by Crippen LogP contribution is -2.54. The molecule has 1 aromatic heterocycles. The number of allylic oxidation sites excluding steroid dienone is 4. The fourth-order valence-electron chi connectivity index (χ4n) is 7.91. The molecule has 2 fully saturated rings. The van der Waals surface area contributed by atoms with E-state index < -0.39 is 5.60 Å². The molecule has 0 amide bonds. The molecule has 4 nitrogen and oxygen atoms in total. The van der Waals surface area contributed by atoms with E-state index in [1.165, 1.54) is 11.1 Å². The number of hydrogen-bond acceptors (Lipinski definition) is 4. The molecule has 6 rings (SSSR count). The zero-order valence-corrected chi connectivity index (χ0v) is 20.4. The van der Waals surface area contributed by atoms with Crippen molar-refractivity contribution in [1.82, 2.24) is 9.97 Å². The topological polar surface area (TPSA) is 63.1 Å². The summed E-state index contributed by atoms with van der Waals surface area (Å²) in [6.45, 7) is 4.11. The van der Waals surface area contributed by atoms with Crippen LogP contribution in [0.3, 0.4) is 0 Å². The van der Waals surface area contributed by atoms with Gasteiger partial charge in [-0.3, -0.25) is 4.79 Å². The van der Waals surface area contributed by atoms with Gasteiger partial charge in [-0.2, -0.15) is 0 Å². The zero-order valence-electron chi connectivity index (χ0n) is 20.4. The third-order valence-electron chi connectivity index (χ3n) is 9.60. The summed E-state index contributed by atoms with van der Waals surface area (Å²) in [7, 11) is 0. The average molecular weight is 465 g/mol. The Bertz CT molecular complexity index is 1270. The van der Waals surface area contributed by atoms with Gasteiger partial charge in [0.25, 0.3) is 0 Å². The summed E-state index contributed by atoms with van der Waals surface area (Å²) >= 11 is 0. The van der Waals surface area contributed by atoms with Gasteiger partial charge in [-0.1, -0.05) is 49.3 Å². The molecular formula is C31H32N2O2. The molecular weight excluding hydrogens is 432 g/mol. The van der Waals surface area contributed by atoms with Crippen LogP contribution in [0.5, 0.6) is 0 Å². The average Bonchev–Trinajstić information content (AvgIpc) is 3.14. The van der Waals surface area contributed by atoms with Gasteiger partial charge in [0.15, 0.2) is 5.78 Å². The SMILES string of the molecule is CC#C[C@]1(O)CC[C@H]2[C@@H]3C=CC4=CC(=O)CC[C@@H]4[C@H]3[C@@H](c3ccc(-c4cncnc4)cc3)C[C@@]21C. The molecule has 1 aromatic carbocycles. The first kappa shape index (κ1) is 22.4. The Kier molecular flexibility index (Phi) is 5.31. The Labute approximate surface area is 207 Å². The third-order valence-corrected chi connectivity index (χ3v) is 9.60. The van der Waals surface area contributed by atoms with Crippen molar-refractivity contribution in [1.29, 1.82) is 0 Å². The summed E-state index contributed by atoms with van der Waals surface area (Å²) in [6.07, 6.45) is 15.9. The Morgan fingerprint density at radius 1 is 1.06 bits per heavy atom. The van der Waals surface area contributed by atoms with Gasteiger partial charge >= 0.3 is 0 Å². The molecule has 2 saturated carbocycles. The lowest BCUT2D eigenvalue weighted by atomic mass is 9.48. The second-order valence-electron chi connectivity index (χ2n) is 11.1. The number of aromatic nitrogens is 2. The lowest BCUT2D eigenvalue weighted by molar-refractivity contribution is -0.116. The minimum absolute atomic E-state index is 0.249. The lowest BCUT2D eigenvalue weighted by Gasteiger charge is -2.56. The van der Waals surface area contributed by atoms with Crippen LogP contribution in [0.2, 0.25) is 0 Å². The first-order valence-corrected chi connectivity index (χ1v) is 12.9. The van der Waals surface area contributed by atoms with Crippen LogP contribution >= 0.6 is 0 Å². The van der Waals surface area contributed by atoms with E-state index in [1.54, 1.807) is 6.33 Å². The fourth-order valence-corrected chi connectivity index (χ4v) is 7.91. The molecule has 4 aliphatic carbocycles. The van der Waals surface area contributed by atoms with Crippen LogP contribution < -0.4 is 0 Å². The Hall–Kier alpha value is -3.03. The van der Waals surface area contributed by atoms with Gasteiger partial charge in [-0.15, -0.1) is 5.92 Å². The maximum absolute atomic E-state index is 12.2. The van der Waals surface area contributed by atoms with Crippen molar-refractivity contribution in [3.63, 3.8) is 0 Å². The van der Waals surface area contributed by atoms with Gasteiger partial charge in [-0.25, -0.2) is 9.97 Å². The summed E-state index contributed by atoms with van der Waals surface area (Å²) < 4.78 is 0. The molecule has 178 valence electrons. The predicted octanol–water partition coefficient (Wildman–Crippen LogP) is 5.51. The maximum atomic E-state index is 12.2. The van der Waals surface area contributed by atoms with Gasteiger partial charge in [0.2, 0.25) is 0 Å². The van der Waals surface area contributed by atoms with E-state index in [4.69, 9.17) is 0 Å². The van der Waals surface area contributed by atoms with E-state index in [9.17, 15) is 9.90 Å². The summed E-state index contributed by atoms with van der Waals surface area (Å²) in [6, 6.07) is 8.85. The number of ketones is 1. The van der Waals surface area contributed by atoms with E-state index in [0.717, 1.165) is 36.8 Å². The van der Waals surface area contributed by atoms with Crippen LogP contribution in [-0.4, -0.2) is 26.5 Å². The smallest absolute Gasteiger partial charge is 0.155 e. The molecule has 1 heterocycles. The number of benzene rings is 1. The number of aliphatic hydroxyl groups is 1. The number of rotatable bonds is 2. The molecule has 7 atom stereocenters. The Morgan fingerprint density at radius 2 is 1.83 bits per heavy atom. The van der Waals surface area contributed by atoms with Gasteiger partial charge < -0.3 is 5.11 Å². The van der Waals surface area contributed by atoms with E-state index in [0.29, 0.717) is 30.1 Å². The molecule has 2 aromatic rings. The van der Waals surface area contributed by atoms with Crippen molar-refractivity contribution in [2.45, 2.75) is 57.5 Å². The predicted molar refractivity (Wildman–Crippen MR) is 136 cm³/mol. The Morgan fingerprint density at radius 3 is 2.57 bits per heavy atom. The quantitative estimate of drug-likeness (QED) is 0.596. The summed E-state index contributed by atoms with van der Waals surface area (Å²) in [4.78, 5) is 20.6. The second kappa shape index (κ2) is 8.28. The highest BCUT2D eigenvalue weighted by molar-refractivity contribution is 5.92. The number of hydrogen-bond donors (Lipinski definition) is 1. The van der Waals surface area contributed by atoms with E-state index >= 15 is 0 Å². The van der Waals surface area contributed by atoms with Gasteiger partial charge in [0, 0.05) is 29.8 Å². The molecule has 0 unspecified atom stereocenters. The van der Waals surface area contributed by atoms with Crippen molar-refractivity contribution in [2.24, 2.45) is 29.1 Å². The van der Waals surface area contributed by atoms with Crippen LogP contribution in [0.4, 0.5) is 0 Å². The standard InChI is InChI=1S/C31H32N2O2/c1-3-13-31(35)14-12-28-26-10-8-22-15-24(34)9-11-25(22)29(26)27(16-30(28,31)2)21-6-4-20(5-7-21)23-17-32-19-33-18-23/h4-8,10,15,17-19,25-29,35H,9,11-12,14,16H2,1-2H3/t25-,26-,27+,28-,29+,30-,31-/m0/s1. The highest BCUT2D eigenvalue weighted by atomic mass is 16.3. The van der Waals surface area contributed by atoms with Crippen LogP contribution in [0.1, 0.15) is 57.4 Å². The summed E-state index contributed by atoms with van der Waals surface area (Å²) in [5.74, 6) is 8.40. The summed E-state index contributed by atoms with van der Waals surface area (Å²) in [5, 5.41) is 11.8. The van der Waals surface area contributed by atoms with Crippen molar-refractivity contribution in [3.05, 3.63) is 72.4 Å². The van der Waals surface area contributed by atoms with Crippen molar-refractivity contribution >= 4 is 5.78 Å². The van der Waals surface area contributed by atoms with Gasteiger partial charge in [0.05, 0.1) is 0 Å². The fraction of sp³-hybridized carbons (Fsp3) is 0.452. The van der Waals surface area contributed by atoms with Gasteiger partial charge in [0.1, 0.15) is 11.9 Å². The van der Waals surface area contributed by atoms with Crippen LogP contribution in [0, 0.1) is 40.9 Å². The third kappa shape index (κ3) is 3.44. The van der Waals surface area contributed by atoms with Crippen molar-refractivity contribution < 1.29 is 9.90 Å². The van der Waals surface area contributed by atoms with E-state index in [-0.39, 0.29) is 17.1 Å². The van der Waals surface area contributed by atoms with Crippen molar-refractivity contribution in [2.75, 3.05) is 0 Å². The van der Waals surface area contributed by atoms with E-state index in [1.807, 2.05) is 25.4 Å². The molecule has 0 saturated heterocycles. The Balaban J connectivity index is 1.45. The van der Waals surface area contributed by atoms with E-state index in [2.05, 4.69) is 65.2 Å². The molecule has 35 heavy (non-hydrogen) atoms. The summed E-state index contributed by atoms with van der Waals surface area (Å²) in [5.41, 5.74) is 3.40. The minimum Gasteiger partial charge on any atom is -0.377 e. The highest BCUT2D eigenvalue weighted by Crippen LogP contribution is 2.67. The molecule has 0 spiro atoms. The van der Waals surface area contributed by atoms with Crippen LogP contribution in [-0.2, 0) is 4.79 Å².